The molecule has 320 valence electrons. The molecule has 14 heteroatoms. The zero-order chi connectivity index (χ0) is 42.2. The number of carbonyl (C=O) groups excluding carboxylic acids is 5. The topological polar surface area (TPSA) is 177 Å². The number of pyridine rings is 1. The second-order valence-corrected chi connectivity index (χ2v) is 16.5. The highest BCUT2D eigenvalue weighted by atomic mass is 16.5. The molecule has 0 spiro atoms. The first-order valence-electron chi connectivity index (χ1n) is 21.6. The summed E-state index contributed by atoms with van der Waals surface area (Å²) in [6, 6.07) is 13.7. The first-order valence-corrected chi connectivity index (χ1v) is 21.6. The smallest absolute Gasteiger partial charge is 0.332 e. The van der Waals surface area contributed by atoms with E-state index in [0.29, 0.717) is 42.0 Å². The van der Waals surface area contributed by atoms with E-state index in [2.05, 4.69) is 21.3 Å². The number of hydrogen-bond acceptors (Lipinski definition) is 9. The molecule has 4 aliphatic rings. The van der Waals surface area contributed by atoms with Gasteiger partial charge in [0.1, 0.15) is 41.3 Å². The number of likely N-dealkylation sites (N-methyl/N-ethyl adjacent to an activating group) is 1. The lowest BCUT2D eigenvalue weighted by molar-refractivity contribution is -0.149. The van der Waals surface area contributed by atoms with Crippen molar-refractivity contribution in [2.24, 2.45) is 11.8 Å². The van der Waals surface area contributed by atoms with Crippen LogP contribution in [0.5, 0.6) is 11.5 Å². The molecule has 3 aromatic rings. The number of carbonyl (C=O) groups is 5. The third-order valence-corrected chi connectivity index (χ3v) is 12.5. The maximum Gasteiger partial charge on any atom is 0.332 e. The van der Waals surface area contributed by atoms with E-state index in [1.54, 1.807) is 21.1 Å². The van der Waals surface area contributed by atoms with Crippen molar-refractivity contribution in [2.75, 3.05) is 27.3 Å². The van der Waals surface area contributed by atoms with Gasteiger partial charge in [-0.05, 0) is 63.5 Å². The SMILES string of the molecule is CCOC(=O)C12C[C@H]1/C=C\CCCCC[C@@H](C(=O)N[C@H](C(=O)NC)C1CCCCC1)NC(=O)N1CC(Oc3cc(-c4ccccc4)nc4cc(OC)ccc34)C[C@H]1C(=O)N2. The third-order valence-electron chi connectivity index (χ3n) is 12.5. The molecule has 2 saturated carbocycles. The fourth-order valence-electron chi connectivity index (χ4n) is 9.03. The van der Waals surface area contributed by atoms with Crippen LogP contribution < -0.4 is 30.7 Å². The van der Waals surface area contributed by atoms with Crippen molar-refractivity contribution in [3.8, 4) is 22.8 Å². The molecular formula is C46H58N6O8. The van der Waals surface area contributed by atoms with Crippen molar-refractivity contribution in [1.29, 1.82) is 0 Å². The van der Waals surface area contributed by atoms with Crippen LogP contribution in [0.4, 0.5) is 4.79 Å². The normalized spacial score (nSPS) is 26.0. The van der Waals surface area contributed by atoms with Crippen LogP contribution >= 0.6 is 0 Å². The van der Waals surface area contributed by atoms with Crippen LogP contribution in [0.25, 0.3) is 22.2 Å². The highest BCUT2D eigenvalue weighted by Crippen LogP contribution is 2.46. The number of aromatic nitrogens is 1. The lowest BCUT2D eigenvalue weighted by Gasteiger charge is -2.32. The molecule has 1 saturated heterocycles. The Hall–Kier alpha value is -5.66. The molecule has 5 amide bonds. The molecule has 4 N–H and O–H groups in total. The summed E-state index contributed by atoms with van der Waals surface area (Å²) in [7, 11) is 3.15. The van der Waals surface area contributed by atoms with Gasteiger partial charge in [0.15, 0.2) is 0 Å². The van der Waals surface area contributed by atoms with Gasteiger partial charge in [0.05, 0.1) is 31.5 Å². The van der Waals surface area contributed by atoms with Crippen molar-refractivity contribution < 1.29 is 38.2 Å². The average molecular weight is 823 g/mol. The molecule has 2 aliphatic heterocycles. The highest BCUT2D eigenvalue weighted by molar-refractivity contribution is 5.97. The van der Waals surface area contributed by atoms with E-state index < -0.39 is 53.6 Å². The van der Waals surface area contributed by atoms with Gasteiger partial charge in [0.25, 0.3) is 0 Å². The van der Waals surface area contributed by atoms with Crippen LogP contribution in [0.2, 0.25) is 0 Å². The van der Waals surface area contributed by atoms with Gasteiger partial charge in [0.2, 0.25) is 17.7 Å². The van der Waals surface area contributed by atoms with Crippen molar-refractivity contribution >= 4 is 40.6 Å². The van der Waals surface area contributed by atoms with E-state index in [-0.39, 0.29) is 37.3 Å². The minimum atomic E-state index is -1.25. The number of nitrogens with one attached hydrogen (secondary N) is 4. The number of rotatable bonds is 10. The van der Waals surface area contributed by atoms with Gasteiger partial charge >= 0.3 is 12.0 Å². The number of fused-ring (bicyclic) bond motifs is 3. The second kappa shape index (κ2) is 19.2. The predicted octanol–water partition coefficient (Wildman–Crippen LogP) is 5.58. The summed E-state index contributed by atoms with van der Waals surface area (Å²) >= 11 is 0. The molecule has 2 aliphatic carbocycles. The Kier molecular flexibility index (Phi) is 13.6. The Morgan fingerprint density at radius 2 is 1.75 bits per heavy atom. The van der Waals surface area contributed by atoms with Crippen LogP contribution in [0.1, 0.15) is 84.0 Å². The number of amides is 5. The Bertz CT molecular complexity index is 2070. The average Bonchev–Trinajstić information content (AvgIpc) is 3.80. The Morgan fingerprint density at radius 1 is 0.983 bits per heavy atom. The quantitative estimate of drug-likeness (QED) is 0.150. The number of hydrogen-bond donors (Lipinski definition) is 4. The second-order valence-electron chi connectivity index (χ2n) is 16.5. The van der Waals surface area contributed by atoms with Gasteiger partial charge in [-0.2, -0.15) is 0 Å². The highest BCUT2D eigenvalue weighted by Gasteiger charge is 2.62. The number of nitrogens with zero attached hydrogens (tertiary/aromatic N) is 2. The Morgan fingerprint density at radius 3 is 2.50 bits per heavy atom. The fraction of sp³-hybridized carbons (Fsp3) is 0.522. The Balaban J connectivity index is 1.20. The molecule has 1 aromatic heterocycles. The summed E-state index contributed by atoms with van der Waals surface area (Å²) < 4.78 is 17.7. The van der Waals surface area contributed by atoms with Crippen LogP contribution in [-0.4, -0.2) is 96.7 Å². The molecule has 2 unspecified atom stereocenters. The van der Waals surface area contributed by atoms with Crippen LogP contribution in [0, 0.1) is 11.8 Å². The van der Waals surface area contributed by atoms with E-state index in [1.807, 2.05) is 66.7 Å². The van der Waals surface area contributed by atoms with Crippen molar-refractivity contribution in [2.45, 2.75) is 114 Å². The van der Waals surface area contributed by atoms with Crippen molar-refractivity contribution in [3.05, 3.63) is 66.7 Å². The van der Waals surface area contributed by atoms with E-state index in [9.17, 15) is 24.0 Å². The molecular weight excluding hydrogens is 765 g/mol. The first kappa shape index (κ1) is 42.5. The van der Waals surface area contributed by atoms with Crippen molar-refractivity contribution in [3.63, 3.8) is 0 Å². The number of benzene rings is 2. The molecule has 0 radical (unpaired) electrons. The molecule has 7 rings (SSSR count). The van der Waals surface area contributed by atoms with Crippen LogP contribution in [-0.2, 0) is 23.9 Å². The lowest BCUT2D eigenvalue weighted by Crippen LogP contribution is -2.59. The standard InChI is InChI=1S/C46H58N6O8/c1-4-59-44(56)46-27-31(46)20-14-6-5-7-15-21-35(41(53)50-40(43(55)47-2)30-18-12-9-13-19-30)49-45(57)52-28-33(25-38(52)42(54)51-46)60-39-26-36(29-16-10-8-11-17-29)48-37-24-32(58-3)22-23-34(37)39/h8,10-11,14,16-17,20,22-24,26,30-31,33,35,38,40H,4-7,9,12-13,15,18-19,21,25,27-28H2,1-3H3,(H,47,55)(H,49,57)(H,50,53)(H,51,54)/b20-14-/t31-,33?,35+,38+,40+,46?/m1/s1. The molecule has 60 heavy (non-hydrogen) atoms. The van der Waals surface area contributed by atoms with Gasteiger partial charge in [-0.3, -0.25) is 14.4 Å². The summed E-state index contributed by atoms with van der Waals surface area (Å²) in [6.07, 6.45) is 12.0. The molecule has 0 bridgehead atoms. The molecule has 2 aromatic carbocycles. The zero-order valence-electron chi connectivity index (χ0n) is 34.9. The molecule has 14 nitrogen and oxygen atoms in total. The fourth-order valence-corrected chi connectivity index (χ4v) is 9.03. The third kappa shape index (κ3) is 9.53. The van der Waals surface area contributed by atoms with E-state index in [1.165, 1.54) is 4.90 Å². The van der Waals surface area contributed by atoms with Gasteiger partial charge in [0, 0.05) is 42.5 Å². The lowest BCUT2D eigenvalue weighted by atomic mass is 9.83. The van der Waals surface area contributed by atoms with Crippen LogP contribution in [0.3, 0.4) is 0 Å². The van der Waals surface area contributed by atoms with E-state index in [0.717, 1.165) is 62.3 Å². The van der Waals surface area contributed by atoms with Gasteiger partial charge in [-0.1, -0.05) is 74.6 Å². The predicted molar refractivity (Wildman–Crippen MR) is 226 cm³/mol. The van der Waals surface area contributed by atoms with E-state index >= 15 is 0 Å². The Labute approximate surface area is 351 Å². The number of ether oxygens (including phenoxy) is 3. The molecule has 6 atom stereocenters. The summed E-state index contributed by atoms with van der Waals surface area (Å²) in [6.45, 7) is 1.89. The maximum absolute atomic E-state index is 14.5. The zero-order valence-corrected chi connectivity index (χ0v) is 34.9. The van der Waals surface area contributed by atoms with Gasteiger partial charge < -0.3 is 40.4 Å². The summed E-state index contributed by atoms with van der Waals surface area (Å²) in [4.78, 5) is 76.1. The van der Waals surface area contributed by atoms with Gasteiger partial charge in [-0.15, -0.1) is 0 Å². The largest absolute Gasteiger partial charge is 0.497 e. The molecule has 3 heterocycles. The van der Waals surface area contributed by atoms with E-state index in [4.69, 9.17) is 19.2 Å². The number of esters is 1. The summed E-state index contributed by atoms with van der Waals surface area (Å²) in [5.74, 6) is -0.831. The van der Waals surface area contributed by atoms with Gasteiger partial charge in [-0.25, -0.2) is 14.6 Å². The summed E-state index contributed by atoms with van der Waals surface area (Å²) in [5, 5.41) is 12.4. The summed E-state index contributed by atoms with van der Waals surface area (Å²) in [5.41, 5.74) is 0.950. The number of allylic oxidation sites excluding steroid dienone is 1. The van der Waals surface area contributed by atoms with Crippen molar-refractivity contribution in [1.82, 2.24) is 31.2 Å². The first-order chi connectivity index (χ1) is 29.1. The monoisotopic (exact) mass is 822 g/mol. The molecule has 3 fully saturated rings. The maximum atomic E-state index is 14.5. The van der Waals surface area contributed by atoms with Crippen LogP contribution in [0.15, 0.2) is 66.7 Å². The number of methoxy groups -OCH3 is 1. The minimum absolute atomic E-state index is 0.00775. The minimum Gasteiger partial charge on any atom is -0.497 e. The number of urea groups is 1.